The topological polar surface area (TPSA) is 440 Å². The van der Waals surface area contributed by atoms with Crippen LogP contribution in [0.3, 0.4) is 0 Å². The van der Waals surface area contributed by atoms with E-state index < -0.39 is 46.1 Å². The van der Waals surface area contributed by atoms with Gasteiger partial charge in [-0.25, -0.2) is 0 Å². The fraction of sp³-hybridized carbons (Fsp3) is 0.263. The van der Waals surface area contributed by atoms with Crippen LogP contribution in [0.15, 0.2) is 215 Å². The monoisotopic (exact) mass is 2110 g/mol. The van der Waals surface area contributed by atoms with Crippen molar-refractivity contribution in [2.75, 3.05) is 96.0 Å². The van der Waals surface area contributed by atoms with Crippen molar-refractivity contribution in [2.45, 2.75) is 91.3 Å². The number of aromatic hydroxyl groups is 2. The van der Waals surface area contributed by atoms with Crippen molar-refractivity contribution in [3.8, 4) is 96.6 Å². The number of halogens is 3. The van der Waals surface area contributed by atoms with Gasteiger partial charge in [0.1, 0.15) is 63.2 Å². The van der Waals surface area contributed by atoms with Crippen molar-refractivity contribution < 1.29 is 130 Å². The minimum absolute atomic E-state index is 0. The number of carboxylic acids is 2. The molecule has 11 aromatic rings. The molecule has 3 aliphatic heterocycles. The van der Waals surface area contributed by atoms with Crippen molar-refractivity contribution in [3.05, 3.63) is 278 Å². The van der Waals surface area contributed by atoms with Crippen LogP contribution in [0, 0.1) is 23.8 Å². The molecule has 14 rings (SSSR count). The number of benzene rings is 11. The summed E-state index contributed by atoms with van der Waals surface area (Å²) >= 11 is 8.53. The van der Waals surface area contributed by atoms with Gasteiger partial charge >= 0.3 is 37.0 Å². The number of esters is 3. The summed E-state index contributed by atoms with van der Waals surface area (Å²) in [6.07, 6.45) is 0.950. The van der Waals surface area contributed by atoms with Crippen molar-refractivity contribution in [2.24, 2.45) is 0 Å². The zero-order valence-electron chi connectivity index (χ0n) is 76.7. The highest BCUT2D eigenvalue weighted by molar-refractivity contribution is 14.1. The lowest BCUT2D eigenvalue weighted by Crippen LogP contribution is -2.41. The minimum atomic E-state index is -0.853. The lowest BCUT2D eigenvalue weighted by molar-refractivity contribution is -0.385. The first-order chi connectivity index (χ1) is 64.2. The number of carbonyl (C=O) groups is 7. The Labute approximate surface area is 817 Å². The summed E-state index contributed by atoms with van der Waals surface area (Å²) in [4.78, 5) is 99.9. The molecule has 0 aromatic heterocycles. The van der Waals surface area contributed by atoms with Gasteiger partial charge in [0.05, 0.1) is 184 Å². The van der Waals surface area contributed by atoms with E-state index >= 15 is 0 Å². The van der Waals surface area contributed by atoms with Gasteiger partial charge in [0, 0.05) is 32.2 Å². The summed E-state index contributed by atoms with van der Waals surface area (Å²) in [5.41, 5.74) is 11.4. The number of nitro benzene ring substituents is 2. The van der Waals surface area contributed by atoms with E-state index in [-0.39, 0.29) is 92.6 Å². The maximum absolute atomic E-state index is 12.0. The molecule has 0 bridgehead atoms. The highest BCUT2D eigenvalue weighted by Crippen LogP contribution is 2.42. The first kappa shape index (κ1) is 111. The van der Waals surface area contributed by atoms with Crippen LogP contribution in [0.1, 0.15) is 74.1 Å². The Morgan fingerprint density at radius 3 is 1.21 bits per heavy atom. The van der Waals surface area contributed by atoms with E-state index in [0.29, 0.717) is 72.4 Å². The quantitative estimate of drug-likeness (QED) is 0.00865. The highest BCUT2D eigenvalue weighted by Gasteiger charge is 2.52. The number of carboxylic acid groups (broad SMARTS) is 2. The largest absolute Gasteiger partial charge is 0.508 e. The van der Waals surface area contributed by atoms with Gasteiger partial charge in [-0.3, -0.25) is 53.8 Å². The number of phenolic OH excluding ortho intramolecular Hbond substituents is 2. The Morgan fingerprint density at radius 2 is 0.743 bits per heavy atom. The molecule has 0 saturated carbocycles. The zero-order valence-corrected chi connectivity index (χ0v) is 82.0. The second kappa shape index (κ2) is 53.2. The number of amides is 2. The predicted molar refractivity (Wildman–Crippen MR) is 529 cm³/mol. The number of nitrogens with zero attached hydrogens (tertiary/aromatic N) is 2. The molecule has 2 amide bonds. The first-order valence-electron chi connectivity index (χ1n) is 40.7. The standard InChI is InChI=1S/C17H17NO6.C16H23BO5.C16H15NO3.C14H11NO3.C10H11BrO3.C9H9BrO3.C9H10O3.C7H6INO3.CH4/c1-22-12-4-6-14(11(8-12)9-17(19)24-3)15-7-5-13(23-2)10-16(15)18(20)21;1-15(2)16(3,4)22-17(21-15)13-8-7-12(19-5)9-11(13)10-14(18)20-6;1-19-11-3-5-13-10(7-11)8-16(18)17-15-9-12(20-2)4-6-14(13)15;16-9-1-3-11-8(5-9)6-14(18)15-13-7-10(17)2-4-12(11)13;1-13-8-3-4-9(11)7(5-8)6-10(12)14-2;1-13-7-2-3-8(10)6(4-7)5-9(11)12;1-12-8-4-2-3-7(5-8)6-9(10)11;1-12-5-2-3-6(8)7(4-5)9(10)11;/h4-8,10H,9H2,1-3H3;7-9H,10H2,1-6H3;3-7,9H,8H2,1-2H3,(H,17,18);1-5,7,16-17H,6H2,(H,15,18);3-5H,6H2,1-2H3;2-4H,5H2,1H3,(H,11,12);2-5H,6H2,1H3,(H,10,11);2-4H,1H3;1H4. The summed E-state index contributed by atoms with van der Waals surface area (Å²) in [5, 5.41) is 63.6. The molecule has 720 valence electrons. The van der Waals surface area contributed by atoms with E-state index in [0.717, 1.165) is 87.4 Å². The Kier molecular flexibility index (Phi) is 43.3. The first-order valence-corrected chi connectivity index (χ1v) is 43.4. The average Bonchev–Trinajstić information content (AvgIpc) is 1.61. The summed E-state index contributed by atoms with van der Waals surface area (Å²) in [5.74, 6) is 3.03. The molecule has 0 spiro atoms. The number of anilines is 2. The van der Waals surface area contributed by atoms with Crippen molar-refractivity contribution in [1.82, 2.24) is 0 Å². The van der Waals surface area contributed by atoms with Gasteiger partial charge in [0.15, 0.2) is 0 Å². The number of nitro groups is 2. The Bertz CT molecular complexity index is 5930. The van der Waals surface area contributed by atoms with Gasteiger partial charge in [-0.2, -0.15) is 0 Å². The SMILES string of the molecule is C.COC(=O)Cc1cc(OC)ccc1-c1ccc(OC)cc1[N+](=O)[O-].COC(=O)Cc1cc(OC)ccc1B1OC(C)(C)C(C)(C)O1.COC(=O)Cc1cc(OC)ccc1Br.COc1ccc(Br)c(CC(=O)O)c1.COc1ccc(I)c([N+](=O)[O-])c1.COc1ccc2c(c1)CC(=O)Nc1cc(OC)ccc1-2.COc1cccc(CC(=O)O)c1.O=C1Cc2cc(O)ccc2-c2ccc(O)cc2N1. The number of nitrogens with one attached hydrogen (secondary N) is 2. The van der Waals surface area contributed by atoms with Gasteiger partial charge in [0.2, 0.25) is 11.8 Å². The number of phenols is 2. The van der Waals surface area contributed by atoms with Gasteiger partial charge in [0.25, 0.3) is 11.4 Å². The molecular weight excluding hydrogens is 2010 g/mol. The van der Waals surface area contributed by atoms with Crippen LogP contribution in [-0.4, -0.2) is 176 Å². The second-order valence-electron chi connectivity index (χ2n) is 30.0. The summed E-state index contributed by atoms with van der Waals surface area (Å²) in [6, 6.07) is 59.0. The number of methoxy groups -OCH3 is 12. The molecule has 33 nitrogen and oxygen atoms in total. The number of aliphatic carboxylic acids is 2. The third-order valence-electron chi connectivity index (χ3n) is 20.7. The van der Waals surface area contributed by atoms with Crippen LogP contribution in [0.2, 0.25) is 0 Å². The molecule has 11 aromatic carbocycles. The number of rotatable bonds is 23. The summed E-state index contributed by atoms with van der Waals surface area (Å²) < 4.78 is 74.2. The normalized spacial score (nSPS) is 12.1. The third kappa shape index (κ3) is 32.4. The van der Waals surface area contributed by atoms with Crippen LogP contribution in [0.5, 0.6) is 63.2 Å². The van der Waals surface area contributed by atoms with E-state index in [2.05, 4.69) is 47.2 Å². The van der Waals surface area contributed by atoms with Crippen LogP contribution in [0.25, 0.3) is 33.4 Å². The van der Waals surface area contributed by atoms with E-state index in [4.69, 9.17) is 71.6 Å². The molecule has 0 aliphatic carbocycles. The second-order valence-corrected chi connectivity index (χ2v) is 32.9. The fourth-order valence-electron chi connectivity index (χ4n) is 13.1. The van der Waals surface area contributed by atoms with E-state index in [1.165, 1.54) is 60.9 Å². The minimum Gasteiger partial charge on any atom is -0.508 e. The summed E-state index contributed by atoms with van der Waals surface area (Å²) in [7, 11) is 17.5. The Balaban J connectivity index is 0.000000241. The Morgan fingerprint density at radius 1 is 0.397 bits per heavy atom. The summed E-state index contributed by atoms with van der Waals surface area (Å²) in [6.45, 7) is 7.99. The number of ether oxygens (including phenoxy) is 12. The van der Waals surface area contributed by atoms with Crippen LogP contribution in [0.4, 0.5) is 22.7 Å². The lowest BCUT2D eigenvalue weighted by atomic mass is 9.75. The predicted octanol–water partition coefficient (Wildman–Crippen LogP) is 18.3. The van der Waals surface area contributed by atoms with Gasteiger partial charge < -0.3 is 97.2 Å². The Hall–Kier alpha value is -14.0. The van der Waals surface area contributed by atoms with Crippen LogP contribution >= 0.6 is 54.5 Å². The van der Waals surface area contributed by atoms with Crippen molar-refractivity contribution in [3.63, 3.8) is 0 Å². The maximum Gasteiger partial charge on any atom is 0.495 e. The number of carbonyl (C=O) groups excluding carboxylic acids is 5. The van der Waals surface area contributed by atoms with Crippen LogP contribution < -0.4 is 58.7 Å². The van der Waals surface area contributed by atoms with Crippen molar-refractivity contribution >= 4 is 131 Å². The van der Waals surface area contributed by atoms with Crippen LogP contribution in [-0.2, 0) is 102 Å². The number of hydrogen-bond donors (Lipinski definition) is 6. The molecule has 1 saturated heterocycles. The fourth-order valence-corrected chi connectivity index (χ4v) is 14.4. The molecule has 136 heavy (non-hydrogen) atoms. The van der Waals surface area contributed by atoms with Gasteiger partial charge in [-0.1, -0.05) is 75.7 Å². The number of fused-ring (bicyclic) bond motifs is 6. The third-order valence-corrected chi connectivity index (χ3v) is 23.2. The lowest BCUT2D eigenvalue weighted by Gasteiger charge is -2.32. The number of hydrogen-bond acceptors (Lipinski definition) is 27. The molecule has 3 heterocycles. The van der Waals surface area contributed by atoms with E-state index in [1.54, 1.807) is 164 Å². The maximum atomic E-state index is 12.0. The van der Waals surface area contributed by atoms with E-state index in [9.17, 15) is 64.0 Å². The smallest absolute Gasteiger partial charge is 0.495 e. The average molecular weight is 2110 g/mol. The molecule has 0 radical (unpaired) electrons. The zero-order chi connectivity index (χ0) is 99.6. The molecule has 0 unspecified atom stereocenters. The molecule has 1 fully saturated rings. The molecule has 37 heteroatoms. The van der Waals surface area contributed by atoms with Gasteiger partial charge in [-0.05, 0) is 257 Å². The molecule has 3 aliphatic rings. The molecular formula is C99H106BBr2IN4O29. The molecule has 0 atom stereocenters. The van der Waals surface area contributed by atoms with Gasteiger partial charge in [-0.15, -0.1) is 0 Å². The molecule has 6 N–H and O–H groups in total. The van der Waals surface area contributed by atoms with Crippen molar-refractivity contribution in [1.29, 1.82) is 0 Å². The van der Waals surface area contributed by atoms with E-state index in [1.807, 2.05) is 117 Å². The highest BCUT2D eigenvalue weighted by atomic mass is 127.